The number of hydrogen-bond acceptors (Lipinski definition) is 4. The zero-order valence-electron chi connectivity index (χ0n) is 13.1. The number of nitrogens with zero attached hydrogens (tertiary/aromatic N) is 3. The third kappa shape index (κ3) is 2.86. The smallest absolute Gasteiger partial charge is 0.282 e. The first-order valence-corrected chi connectivity index (χ1v) is 9.54. The highest BCUT2D eigenvalue weighted by molar-refractivity contribution is 7.86. The van der Waals surface area contributed by atoms with Gasteiger partial charge in [0.1, 0.15) is 0 Å². The molecule has 3 fully saturated rings. The van der Waals surface area contributed by atoms with Crippen LogP contribution in [0.15, 0.2) is 0 Å². The average molecular weight is 317 g/mol. The van der Waals surface area contributed by atoms with Gasteiger partial charge in [-0.15, -0.1) is 0 Å². The SMILES string of the molecule is CC[C@@H]1CN2CCC[C@@H]2CN1S(=O)(=O)N1CCOC[C@H]1C. The van der Waals surface area contributed by atoms with Gasteiger partial charge in [-0.3, -0.25) is 4.90 Å². The normalized spacial score (nSPS) is 36.8. The second-order valence-electron chi connectivity index (χ2n) is 6.47. The molecule has 3 rings (SSSR count). The van der Waals surface area contributed by atoms with E-state index in [1.54, 1.807) is 8.61 Å². The van der Waals surface area contributed by atoms with Crippen molar-refractivity contribution in [1.82, 2.24) is 13.5 Å². The van der Waals surface area contributed by atoms with Crippen LogP contribution < -0.4 is 0 Å². The molecule has 3 aliphatic heterocycles. The van der Waals surface area contributed by atoms with Crippen LogP contribution in [0.25, 0.3) is 0 Å². The first-order chi connectivity index (χ1) is 10.0. The Hall–Kier alpha value is -0.210. The fourth-order valence-electron chi connectivity index (χ4n) is 3.87. The molecule has 0 saturated carbocycles. The highest BCUT2D eigenvalue weighted by Crippen LogP contribution is 2.29. The first kappa shape index (κ1) is 15.7. The highest BCUT2D eigenvalue weighted by atomic mass is 32.2. The van der Waals surface area contributed by atoms with Crippen LogP contribution in [0.1, 0.15) is 33.1 Å². The van der Waals surface area contributed by atoms with E-state index < -0.39 is 10.2 Å². The van der Waals surface area contributed by atoms with E-state index in [1.165, 1.54) is 6.42 Å². The second-order valence-corrected chi connectivity index (χ2v) is 8.30. The molecule has 0 radical (unpaired) electrons. The molecule has 0 aliphatic carbocycles. The Bertz CT molecular complexity index is 470. The zero-order valence-corrected chi connectivity index (χ0v) is 13.9. The Morgan fingerprint density at radius 1 is 1.19 bits per heavy atom. The van der Waals surface area contributed by atoms with E-state index in [0.717, 1.165) is 25.9 Å². The summed E-state index contributed by atoms with van der Waals surface area (Å²) in [6.45, 7) is 8.18. The van der Waals surface area contributed by atoms with Crippen molar-refractivity contribution >= 4 is 10.2 Å². The van der Waals surface area contributed by atoms with Gasteiger partial charge in [-0.05, 0) is 32.7 Å². The van der Waals surface area contributed by atoms with Crippen LogP contribution in [0.3, 0.4) is 0 Å². The molecule has 3 atom stereocenters. The molecular formula is C14H27N3O3S. The predicted octanol–water partition coefficient (Wildman–Crippen LogP) is 0.511. The van der Waals surface area contributed by atoms with E-state index in [1.807, 2.05) is 6.92 Å². The Balaban J connectivity index is 1.82. The topological polar surface area (TPSA) is 53.1 Å². The number of morpholine rings is 1. The summed E-state index contributed by atoms with van der Waals surface area (Å²) in [4.78, 5) is 2.48. The first-order valence-electron chi connectivity index (χ1n) is 8.14. The summed E-state index contributed by atoms with van der Waals surface area (Å²) in [6, 6.07) is 0.459. The summed E-state index contributed by atoms with van der Waals surface area (Å²) in [5.74, 6) is 0. The lowest BCUT2D eigenvalue weighted by molar-refractivity contribution is 0.0310. The lowest BCUT2D eigenvalue weighted by Gasteiger charge is -2.45. The summed E-state index contributed by atoms with van der Waals surface area (Å²) in [6.07, 6.45) is 3.20. The Morgan fingerprint density at radius 3 is 2.71 bits per heavy atom. The summed E-state index contributed by atoms with van der Waals surface area (Å²) in [5.41, 5.74) is 0. The van der Waals surface area contributed by atoms with Gasteiger partial charge in [0.05, 0.1) is 13.2 Å². The van der Waals surface area contributed by atoms with Crippen LogP contribution >= 0.6 is 0 Å². The molecule has 0 aromatic heterocycles. The van der Waals surface area contributed by atoms with Gasteiger partial charge in [-0.25, -0.2) is 0 Å². The lowest BCUT2D eigenvalue weighted by atomic mass is 10.1. The van der Waals surface area contributed by atoms with Crippen molar-refractivity contribution in [3.05, 3.63) is 0 Å². The van der Waals surface area contributed by atoms with Crippen LogP contribution in [0.5, 0.6) is 0 Å². The van der Waals surface area contributed by atoms with Gasteiger partial charge in [0, 0.05) is 37.8 Å². The Kier molecular flexibility index (Phi) is 4.57. The number of fused-ring (bicyclic) bond motifs is 1. The number of rotatable bonds is 3. The minimum Gasteiger partial charge on any atom is -0.378 e. The van der Waals surface area contributed by atoms with Gasteiger partial charge in [-0.1, -0.05) is 6.92 Å². The van der Waals surface area contributed by atoms with Crippen molar-refractivity contribution in [2.75, 3.05) is 39.4 Å². The van der Waals surface area contributed by atoms with Crippen molar-refractivity contribution < 1.29 is 13.2 Å². The standard InChI is InChI=1S/C14H27N3O3S/c1-3-13-9-15-6-4-5-14(15)10-17(13)21(18,19)16-7-8-20-11-12(16)2/h12-14H,3-11H2,1-2H3/t12-,13-,14-/m1/s1. The van der Waals surface area contributed by atoms with Gasteiger partial charge < -0.3 is 4.74 Å². The quantitative estimate of drug-likeness (QED) is 0.761. The van der Waals surface area contributed by atoms with Gasteiger partial charge in [0.15, 0.2) is 0 Å². The van der Waals surface area contributed by atoms with Crippen LogP contribution in [0.4, 0.5) is 0 Å². The third-order valence-corrected chi connectivity index (χ3v) is 7.29. The van der Waals surface area contributed by atoms with Gasteiger partial charge >= 0.3 is 0 Å². The monoisotopic (exact) mass is 317 g/mol. The van der Waals surface area contributed by atoms with Crippen LogP contribution in [-0.4, -0.2) is 79.4 Å². The van der Waals surface area contributed by atoms with E-state index in [4.69, 9.17) is 4.74 Å². The molecule has 7 heteroatoms. The van der Waals surface area contributed by atoms with E-state index in [2.05, 4.69) is 11.8 Å². The molecular weight excluding hydrogens is 290 g/mol. The van der Waals surface area contributed by atoms with Gasteiger partial charge in [0.2, 0.25) is 0 Å². The Morgan fingerprint density at radius 2 is 2.00 bits per heavy atom. The molecule has 0 spiro atoms. The van der Waals surface area contributed by atoms with Crippen molar-refractivity contribution in [2.24, 2.45) is 0 Å². The van der Waals surface area contributed by atoms with Crippen molar-refractivity contribution in [2.45, 2.75) is 51.2 Å². The summed E-state index contributed by atoms with van der Waals surface area (Å²) >= 11 is 0. The van der Waals surface area contributed by atoms with Gasteiger partial charge in [-0.2, -0.15) is 17.0 Å². The Labute approximate surface area is 128 Å². The third-order valence-electron chi connectivity index (χ3n) is 5.11. The molecule has 0 N–H and O–H groups in total. The van der Waals surface area contributed by atoms with Gasteiger partial charge in [0.25, 0.3) is 10.2 Å². The number of ether oxygens (including phenoxy) is 1. The van der Waals surface area contributed by atoms with Crippen molar-refractivity contribution in [3.63, 3.8) is 0 Å². The van der Waals surface area contributed by atoms with E-state index in [0.29, 0.717) is 32.3 Å². The summed E-state index contributed by atoms with van der Waals surface area (Å²) in [7, 11) is -3.37. The molecule has 0 bridgehead atoms. The maximum atomic E-state index is 13.1. The lowest BCUT2D eigenvalue weighted by Crippen LogP contribution is -2.62. The van der Waals surface area contributed by atoms with E-state index in [-0.39, 0.29) is 12.1 Å². The van der Waals surface area contributed by atoms with Crippen molar-refractivity contribution in [1.29, 1.82) is 0 Å². The molecule has 3 saturated heterocycles. The number of piperazine rings is 1. The van der Waals surface area contributed by atoms with E-state index >= 15 is 0 Å². The fraction of sp³-hybridized carbons (Fsp3) is 1.00. The minimum atomic E-state index is -3.37. The minimum absolute atomic E-state index is 0.0668. The summed E-state index contributed by atoms with van der Waals surface area (Å²) in [5, 5.41) is 0. The molecule has 0 aromatic carbocycles. The fourth-order valence-corrected chi connectivity index (χ4v) is 5.91. The maximum Gasteiger partial charge on any atom is 0.282 e. The largest absolute Gasteiger partial charge is 0.378 e. The highest BCUT2D eigenvalue weighted by Gasteiger charge is 2.44. The maximum absolute atomic E-state index is 13.1. The average Bonchev–Trinajstić information content (AvgIpc) is 2.93. The molecule has 0 unspecified atom stereocenters. The second kappa shape index (κ2) is 6.12. The van der Waals surface area contributed by atoms with Crippen LogP contribution in [0.2, 0.25) is 0 Å². The number of hydrogen-bond donors (Lipinski definition) is 0. The molecule has 0 amide bonds. The molecule has 3 heterocycles. The summed E-state index contributed by atoms with van der Waals surface area (Å²) < 4.78 is 35.0. The zero-order chi connectivity index (χ0) is 15.0. The predicted molar refractivity (Wildman–Crippen MR) is 81.3 cm³/mol. The molecule has 122 valence electrons. The van der Waals surface area contributed by atoms with E-state index in [9.17, 15) is 8.42 Å². The molecule has 21 heavy (non-hydrogen) atoms. The molecule has 0 aromatic rings. The molecule has 6 nitrogen and oxygen atoms in total. The van der Waals surface area contributed by atoms with Crippen LogP contribution in [0, 0.1) is 0 Å². The van der Waals surface area contributed by atoms with Crippen molar-refractivity contribution in [3.8, 4) is 0 Å². The van der Waals surface area contributed by atoms with Crippen LogP contribution in [-0.2, 0) is 14.9 Å². The molecule has 3 aliphatic rings.